The van der Waals surface area contributed by atoms with E-state index in [1.165, 1.54) is 6.07 Å². The van der Waals surface area contributed by atoms with Gasteiger partial charge in [0, 0.05) is 25.2 Å². The van der Waals surface area contributed by atoms with Crippen LogP contribution >= 0.6 is 0 Å². The number of nitro groups is 1. The van der Waals surface area contributed by atoms with E-state index >= 15 is 0 Å². The first-order valence-electron chi connectivity index (χ1n) is 7.63. The summed E-state index contributed by atoms with van der Waals surface area (Å²) in [7, 11) is 0. The number of halogens is 3. The fraction of sp³-hybridized carbons (Fsp3) is 0.600. The molecule has 0 bridgehead atoms. The quantitative estimate of drug-likeness (QED) is 0.668. The van der Waals surface area contributed by atoms with E-state index in [1.54, 1.807) is 0 Å². The van der Waals surface area contributed by atoms with Crippen LogP contribution in [-0.2, 0) is 6.18 Å². The van der Waals surface area contributed by atoms with Gasteiger partial charge in [-0.1, -0.05) is 6.42 Å². The van der Waals surface area contributed by atoms with Gasteiger partial charge in [-0.2, -0.15) is 13.2 Å². The van der Waals surface area contributed by atoms with Gasteiger partial charge in [-0.3, -0.25) is 10.1 Å². The molecule has 1 aromatic rings. The summed E-state index contributed by atoms with van der Waals surface area (Å²) in [6.45, 7) is 1.18. The highest BCUT2D eigenvalue weighted by molar-refractivity contribution is 5.65. The topological polar surface area (TPSA) is 72.4 Å². The Morgan fingerprint density at radius 3 is 2.61 bits per heavy atom. The third kappa shape index (κ3) is 2.99. The molecule has 0 amide bonds. The fourth-order valence-corrected chi connectivity index (χ4v) is 3.83. The molecule has 3 atom stereocenters. The first-order valence-corrected chi connectivity index (χ1v) is 7.63. The second-order valence-corrected chi connectivity index (χ2v) is 6.38. The smallest absolute Gasteiger partial charge is 0.365 e. The highest BCUT2D eigenvalue weighted by Gasteiger charge is 2.41. The van der Waals surface area contributed by atoms with Crippen LogP contribution in [0.25, 0.3) is 0 Å². The van der Waals surface area contributed by atoms with Crippen molar-refractivity contribution in [1.82, 2.24) is 0 Å². The van der Waals surface area contributed by atoms with E-state index in [0.29, 0.717) is 25.1 Å². The Morgan fingerprint density at radius 2 is 2.00 bits per heavy atom. The molecule has 1 aliphatic heterocycles. The van der Waals surface area contributed by atoms with E-state index in [4.69, 9.17) is 5.73 Å². The van der Waals surface area contributed by atoms with Gasteiger partial charge in [0.15, 0.2) is 0 Å². The van der Waals surface area contributed by atoms with E-state index in [1.807, 2.05) is 4.90 Å². The molecular weight excluding hydrogens is 311 g/mol. The van der Waals surface area contributed by atoms with Gasteiger partial charge in [0.05, 0.1) is 10.5 Å². The van der Waals surface area contributed by atoms with Crippen LogP contribution in [-0.4, -0.2) is 24.1 Å². The van der Waals surface area contributed by atoms with Crippen LogP contribution in [0.2, 0.25) is 0 Å². The van der Waals surface area contributed by atoms with Crippen molar-refractivity contribution in [3.63, 3.8) is 0 Å². The molecule has 0 radical (unpaired) electrons. The van der Waals surface area contributed by atoms with E-state index in [-0.39, 0.29) is 17.6 Å². The zero-order valence-corrected chi connectivity index (χ0v) is 12.4. The number of rotatable bonds is 2. The second kappa shape index (κ2) is 5.67. The Bertz CT molecular complexity index is 620. The van der Waals surface area contributed by atoms with Crippen LogP contribution in [0, 0.1) is 22.0 Å². The number of hydrogen-bond donors (Lipinski definition) is 1. The Balaban J connectivity index is 1.92. The van der Waals surface area contributed by atoms with Gasteiger partial charge >= 0.3 is 6.18 Å². The van der Waals surface area contributed by atoms with Crippen molar-refractivity contribution in [2.24, 2.45) is 17.6 Å². The summed E-state index contributed by atoms with van der Waals surface area (Å²) in [4.78, 5) is 12.3. The Kier molecular flexibility index (Phi) is 3.95. The normalized spacial score (nSPS) is 27.8. The molecule has 1 saturated heterocycles. The maximum atomic E-state index is 12.8. The minimum Gasteiger partial charge on any atom is -0.365 e. The van der Waals surface area contributed by atoms with Gasteiger partial charge in [-0.05, 0) is 36.8 Å². The largest absolute Gasteiger partial charge is 0.416 e. The van der Waals surface area contributed by atoms with Crippen molar-refractivity contribution in [2.75, 3.05) is 18.0 Å². The number of nitrogens with zero attached hydrogens (tertiary/aromatic N) is 2. The summed E-state index contributed by atoms with van der Waals surface area (Å²) >= 11 is 0. The van der Waals surface area contributed by atoms with Crippen LogP contribution < -0.4 is 10.6 Å². The van der Waals surface area contributed by atoms with E-state index in [9.17, 15) is 23.3 Å². The fourth-order valence-electron chi connectivity index (χ4n) is 3.83. The van der Waals surface area contributed by atoms with Crippen LogP contribution in [0.4, 0.5) is 24.5 Å². The van der Waals surface area contributed by atoms with E-state index in [0.717, 1.165) is 25.3 Å². The lowest BCUT2D eigenvalue weighted by Crippen LogP contribution is -2.38. The summed E-state index contributed by atoms with van der Waals surface area (Å²) < 4.78 is 38.3. The predicted octanol–water partition coefficient (Wildman–Crippen LogP) is 3.18. The van der Waals surface area contributed by atoms with Crippen molar-refractivity contribution in [2.45, 2.75) is 31.5 Å². The zero-order valence-electron chi connectivity index (χ0n) is 12.4. The van der Waals surface area contributed by atoms with Gasteiger partial charge in [-0.25, -0.2) is 0 Å². The molecule has 5 nitrogen and oxygen atoms in total. The minimum atomic E-state index is -4.59. The summed E-state index contributed by atoms with van der Waals surface area (Å²) in [6.07, 6.45) is -1.61. The Labute approximate surface area is 131 Å². The van der Waals surface area contributed by atoms with Crippen molar-refractivity contribution < 1.29 is 18.1 Å². The summed E-state index contributed by atoms with van der Waals surface area (Å²) in [5.41, 5.74) is 4.89. The molecule has 3 unspecified atom stereocenters. The van der Waals surface area contributed by atoms with Crippen molar-refractivity contribution in [3.05, 3.63) is 33.9 Å². The van der Waals surface area contributed by atoms with Gasteiger partial charge < -0.3 is 10.6 Å². The monoisotopic (exact) mass is 329 g/mol. The van der Waals surface area contributed by atoms with Crippen LogP contribution in [0.1, 0.15) is 24.8 Å². The Morgan fingerprint density at radius 1 is 1.26 bits per heavy atom. The second-order valence-electron chi connectivity index (χ2n) is 6.38. The number of fused-ring (bicyclic) bond motifs is 1. The predicted molar refractivity (Wildman–Crippen MR) is 79.1 cm³/mol. The molecule has 2 aliphatic rings. The first-order chi connectivity index (χ1) is 10.8. The SMILES string of the molecule is NC1CCCC2CN(c3ccc(C(F)(F)F)cc3[N+](=O)[O-])CC12. The summed E-state index contributed by atoms with van der Waals surface area (Å²) in [5.74, 6) is 0.617. The molecule has 2 fully saturated rings. The molecule has 2 N–H and O–H groups in total. The molecule has 23 heavy (non-hydrogen) atoms. The molecule has 3 rings (SSSR count). The maximum absolute atomic E-state index is 12.8. The Hall–Kier alpha value is -1.83. The van der Waals surface area contributed by atoms with E-state index in [2.05, 4.69) is 0 Å². The van der Waals surface area contributed by atoms with Crippen LogP contribution in [0.3, 0.4) is 0 Å². The lowest BCUT2D eigenvalue weighted by Gasteiger charge is -2.29. The number of nitro benzene ring substituents is 1. The number of benzene rings is 1. The third-order valence-corrected chi connectivity index (χ3v) is 4.99. The molecule has 1 aliphatic carbocycles. The van der Waals surface area contributed by atoms with Crippen LogP contribution in [0.5, 0.6) is 0 Å². The molecular formula is C15H18F3N3O2. The summed E-state index contributed by atoms with van der Waals surface area (Å²) in [6, 6.07) is 2.80. The lowest BCUT2D eigenvalue weighted by molar-refractivity contribution is -0.384. The van der Waals surface area contributed by atoms with Crippen molar-refractivity contribution in [3.8, 4) is 0 Å². The van der Waals surface area contributed by atoms with Gasteiger partial charge in [0.2, 0.25) is 0 Å². The molecule has 8 heteroatoms. The van der Waals surface area contributed by atoms with Crippen molar-refractivity contribution in [1.29, 1.82) is 0 Å². The standard InChI is InChI=1S/C15H18F3N3O2/c16-15(17,18)10-4-5-13(14(6-10)21(22)23)20-7-9-2-1-3-12(19)11(9)8-20/h4-6,9,11-12H,1-3,7-8,19H2. The molecule has 1 heterocycles. The molecule has 126 valence electrons. The van der Waals surface area contributed by atoms with Gasteiger partial charge in [0.1, 0.15) is 5.69 Å². The van der Waals surface area contributed by atoms with Crippen LogP contribution in [0.15, 0.2) is 18.2 Å². The highest BCUT2D eigenvalue weighted by atomic mass is 19.4. The van der Waals surface area contributed by atoms with Gasteiger partial charge in [-0.15, -0.1) is 0 Å². The number of nitrogens with two attached hydrogens (primary N) is 1. The number of hydrogen-bond acceptors (Lipinski definition) is 4. The molecule has 0 spiro atoms. The van der Waals surface area contributed by atoms with Gasteiger partial charge in [0.25, 0.3) is 5.69 Å². The third-order valence-electron chi connectivity index (χ3n) is 4.99. The average molecular weight is 329 g/mol. The molecule has 1 aromatic carbocycles. The zero-order chi connectivity index (χ0) is 16.8. The maximum Gasteiger partial charge on any atom is 0.416 e. The first kappa shape index (κ1) is 16.0. The average Bonchev–Trinajstić information content (AvgIpc) is 2.91. The minimum absolute atomic E-state index is 0.0623. The lowest BCUT2D eigenvalue weighted by atomic mass is 9.78. The van der Waals surface area contributed by atoms with E-state index < -0.39 is 22.4 Å². The van der Waals surface area contributed by atoms with Crippen molar-refractivity contribution >= 4 is 11.4 Å². The molecule has 0 aromatic heterocycles. The summed E-state index contributed by atoms with van der Waals surface area (Å²) in [5, 5.41) is 11.2. The highest BCUT2D eigenvalue weighted by Crippen LogP contribution is 2.42. The number of anilines is 1. The number of alkyl halides is 3. The molecule has 1 saturated carbocycles.